The summed E-state index contributed by atoms with van der Waals surface area (Å²) in [5.74, 6) is -0.571. The first kappa shape index (κ1) is 22.1. The number of pyridine rings is 1. The number of piperazine rings is 1. The smallest absolute Gasteiger partial charge is 0.356 e. The van der Waals surface area contributed by atoms with Crippen molar-refractivity contribution in [3.8, 4) is 0 Å². The molecular formula is C26H28FN3O2. The molecule has 2 heterocycles. The van der Waals surface area contributed by atoms with Crippen LogP contribution in [0, 0.1) is 5.82 Å². The van der Waals surface area contributed by atoms with Gasteiger partial charge in [-0.1, -0.05) is 54.6 Å². The minimum Gasteiger partial charge on any atom is -0.461 e. The van der Waals surface area contributed by atoms with Crippen molar-refractivity contribution in [2.24, 2.45) is 0 Å². The Morgan fingerprint density at radius 3 is 2.41 bits per heavy atom. The van der Waals surface area contributed by atoms with Crippen LogP contribution in [0.4, 0.5) is 4.39 Å². The van der Waals surface area contributed by atoms with E-state index < -0.39 is 5.97 Å². The van der Waals surface area contributed by atoms with Crippen LogP contribution in [-0.2, 0) is 11.3 Å². The average molecular weight is 434 g/mol. The standard InChI is InChI=1S/C26H28FN3O2/c1-2-32-26(31)24-14-8-11-21(28-24)19-29-15-17-30(18-16-29)25(20-9-4-3-5-10-20)22-12-6-7-13-23(22)27/h3-14,25H,2,15-19H2,1H3. The molecular weight excluding hydrogens is 405 g/mol. The van der Waals surface area contributed by atoms with Gasteiger partial charge in [0.25, 0.3) is 0 Å². The Kier molecular flexibility index (Phi) is 7.24. The Bertz CT molecular complexity index is 1040. The first-order chi connectivity index (χ1) is 15.7. The van der Waals surface area contributed by atoms with Crippen molar-refractivity contribution in [3.05, 3.63) is 101 Å². The van der Waals surface area contributed by atoms with Crippen LogP contribution in [0.25, 0.3) is 0 Å². The zero-order valence-corrected chi connectivity index (χ0v) is 18.3. The van der Waals surface area contributed by atoms with Crippen molar-refractivity contribution in [1.82, 2.24) is 14.8 Å². The lowest BCUT2D eigenvalue weighted by molar-refractivity contribution is 0.0518. The van der Waals surface area contributed by atoms with Gasteiger partial charge >= 0.3 is 5.97 Å². The molecule has 6 heteroatoms. The quantitative estimate of drug-likeness (QED) is 0.520. The number of benzene rings is 2. The summed E-state index contributed by atoms with van der Waals surface area (Å²) in [6.07, 6.45) is 0. The summed E-state index contributed by atoms with van der Waals surface area (Å²) in [6, 6.07) is 22.5. The number of ether oxygens (including phenoxy) is 1. The molecule has 1 aliphatic rings. The van der Waals surface area contributed by atoms with Gasteiger partial charge in [-0.05, 0) is 30.7 Å². The SMILES string of the molecule is CCOC(=O)c1cccc(CN2CCN(C(c3ccccc3)c3ccccc3F)CC2)n1. The monoisotopic (exact) mass is 433 g/mol. The zero-order chi connectivity index (χ0) is 22.3. The van der Waals surface area contributed by atoms with Crippen LogP contribution in [0.2, 0.25) is 0 Å². The number of nitrogens with zero attached hydrogens (tertiary/aromatic N) is 3. The number of hydrogen-bond donors (Lipinski definition) is 0. The summed E-state index contributed by atoms with van der Waals surface area (Å²) >= 11 is 0. The zero-order valence-electron chi connectivity index (χ0n) is 18.3. The van der Waals surface area contributed by atoms with Crippen molar-refractivity contribution >= 4 is 5.97 Å². The van der Waals surface area contributed by atoms with Gasteiger partial charge in [0.1, 0.15) is 11.5 Å². The first-order valence-electron chi connectivity index (χ1n) is 11.0. The molecule has 1 aromatic heterocycles. The fraction of sp³-hybridized carbons (Fsp3) is 0.308. The van der Waals surface area contributed by atoms with Gasteiger partial charge in [-0.15, -0.1) is 0 Å². The molecule has 32 heavy (non-hydrogen) atoms. The van der Waals surface area contributed by atoms with Crippen LogP contribution in [0.5, 0.6) is 0 Å². The third kappa shape index (κ3) is 5.21. The second-order valence-corrected chi connectivity index (χ2v) is 7.88. The van der Waals surface area contributed by atoms with Crippen molar-refractivity contribution in [3.63, 3.8) is 0 Å². The molecule has 0 spiro atoms. The summed E-state index contributed by atoms with van der Waals surface area (Å²) in [5.41, 5.74) is 2.98. The molecule has 4 rings (SSSR count). The van der Waals surface area contributed by atoms with Crippen molar-refractivity contribution in [2.75, 3.05) is 32.8 Å². The molecule has 1 saturated heterocycles. The number of rotatable bonds is 7. The maximum absolute atomic E-state index is 14.7. The van der Waals surface area contributed by atoms with Gasteiger partial charge in [-0.25, -0.2) is 14.2 Å². The molecule has 3 aromatic rings. The van der Waals surface area contributed by atoms with E-state index in [0.29, 0.717) is 24.4 Å². The molecule has 166 valence electrons. The Morgan fingerprint density at radius 1 is 0.969 bits per heavy atom. The highest BCUT2D eigenvalue weighted by Gasteiger charge is 2.28. The van der Waals surface area contributed by atoms with E-state index in [1.54, 1.807) is 19.1 Å². The number of carbonyl (C=O) groups excluding carboxylic acids is 1. The Labute approximate surface area is 188 Å². The largest absolute Gasteiger partial charge is 0.461 e. The van der Waals surface area contributed by atoms with Gasteiger partial charge in [0.15, 0.2) is 0 Å². The van der Waals surface area contributed by atoms with Gasteiger partial charge in [0.2, 0.25) is 0 Å². The fourth-order valence-corrected chi connectivity index (χ4v) is 4.21. The molecule has 0 N–H and O–H groups in total. The maximum Gasteiger partial charge on any atom is 0.356 e. The second kappa shape index (κ2) is 10.5. The molecule has 0 aliphatic carbocycles. The molecule has 0 amide bonds. The number of hydrogen-bond acceptors (Lipinski definition) is 5. The number of carbonyl (C=O) groups is 1. The number of halogens is 1. The van der Waals surface area contributed by atoms with Gasteiger partial charge in [-0.3, -0.25) is 9.80 Å². The first-order valence-corrected chi connectivity index (χ1v) is 11.0. The number of aromatic nitrogens is 1. The van der Waals surface area contributed by atoms with Gasteiger partial charge in [0, 0.05) is 38.3 Å². The summed E-state index contributed by atoms with van der Waals surface area (Å²) < 4.78 is 19.8. The molecule has 1 unspecified atom stereocenters. The summed E-state index contributed by atoms with van der Waals surface area (Å²) in [4.78, 5) is 21.1. The van der Waals surface area contributed by atoms with E-state index in [1.807, 2.05) is 42.5 Å². The van der Waals surface area contributed by atoms with E-state index >= 15 is 0 Å². The molecule has 1 atom stereocenters. The number of esters is 1. The van der Waals surface area contributed by atoms with Crippen LogP contribution in [0.1, 0.15) is 40.3 Å². The molecule has 0 saturated carbocycles. The van der Waals surface area contributed by atoms with Crippen molar-refractivity contribution in [2.45, 2.75) is 19.5 Å². The predicted octanol–water partition coefficient (Wildman–Crippen LogP) is 4.30. The molecule has 0 radical (unpaired) electrons. The summed E-state index contributed by atoms with van der Waals surface area (Å²) in [7, 11) is 0. The molecule has 5 nitrogen and oxygen atoms in total. The molecule has 1 aliphatic heterocycles. The Hall–Kier alpha value is -3.09. The normalized spacial score (nSPS) is 15.9. The predicted molar refractivity (Wildman–Crippen MR) is 122 cm³/mol. The lowest BCUT2D eigenvalue weighted by atomic mass is 9.96. The minimum atomic E-state index is -0.394. The summed E-state index contributed by atoms with van der Waals surface area (Å²) in [5, 5.41) is 0. The van der Waals surface area contributed by atoms with E-state index in [4.69, 9.17) is 4.74 Å². The highest BCUT2D eigenvalue weighted by atomic mass is 19.1. The lowest BCUT2D eigenvalue weighted by Gasteiger charge is -2.39. The highest BCUT2D eigenvalue weighted by molar-refractivity contribution is 5.87. The van der Waals surface area contributed by atoms with Crippen LogP contribution in [0.3, 0.4) is 0 Å². The minimum absolute atomic E-state index is 0.121. The Balaban J connectivity index is 1.45. The lowest BCUT2D eigenvalue weighted by Crippen LogP contribution is -2.47. The van der Waals surface area contributed by atoms with Gasteiger partial charge in [0.05, 0.1) is 18.3 Å². The summed E-state index contributed by atoms with van der Waals surface area (Å²) in [6.45, 7) is 6.07. The maximum atomic E-state index is 14.7. The van der Waals surface area contributed by atoms with Crippen LogP contribution < -0.4 is 0 Å². The van der Waals surface area contributed by atoms with E-state index in [0.717, 1.165) is 37.4 Å². The van der Waals surface area contributed by atoms with Gasteiger partial charge in [-0.2, -0.15) is 0 Å². The van der Waals surface area contributed by atoms with E-state index in [1.165, 1.54) is 6.07 Å². The van der Waals surface area contributed by atoms with Crippen LogP contribution in [0.15, 0.2) is 72.8 Å². The second-order valence-electron chi connectivity index (χ2n) is 7.88. The van der Waals surface area contributed by atoms with E-state index in [-0.39, 0.29) is 11.9 Å². The van der Waals surface area contributed by atoms with Crippen LogP contribution in [-0.4, -0.2) is 53.5 Å². The fourth-order valence-electron chi connectivity index (χ4n) is 4.21. The molecule has 0 bridgehead atoms. The Morgan fingerprint density at radius 2 is 1.69 bits per heavy atom. The van der Waals surface area contributed by atoms with Crippen molar-refractivity contribution in [1.29, 1.82) is 0 Å². The van der Waals surface area contributed by atoms with Crippen molar-refractivity contribution < 1.29 is 13.9 Å². The third-order valence-corrected chi connectivity index (χ3v) is 5.76. The highest BCUT2D eigenvalue weighted by Crippen LogP contribution is 2.31. The molecule has 2 aromatic carbocycles. The van der Waals surface area contributed by atoms with E-state index in [9.17, 15) is 9.18 Å². The van der Waals surface area contributed by atoms with Crippen LogP contribution >= 0.6 is 0 Å². The van der Waals surface area contributed by atoms with E-state index in [2.05, 4.69) is 26.9 Å². The molecule has 1 fully saturated rings. The topological polar surface area (TPSA) is 45.7 Å². The third-order valence-electron chi connectivity index (χ3n) is 5.76. The average Bonchev–Trinajstić information content (AvgIpc) is 2.83. The van der Waals surface area contributed by atoms with Gasteiger partial charge < -0.3 is 4.74 Å².